The Balaban J connectivity index is 2.26. The van der Waals surface area contributed by atoms with Gasteiger partial charge in [0.1, 0.15) is 11.6 Å². The molecule has 5 heteroatoms. The second-order valence-electron chi connectivity index (χ2n) is 3.20. The van der Waals surface area contributed by atoms with Gasteiger partial charge in [-0.1, -0.05) is 15.9 Å². The van der Waals surface area contributed by atoms with E-state index < -0.39 is 0 Å². The highest BCUT2D eigenvalue weighted by atomic mass is 79.9. The standard InChI is InChI=1S/C11H10BrFN2O/c1-2-15-4-3-14-11(15)16-10-6-8(12)5-9(13)7-10/h3-7H,2H2,1H3. The smallest absolute Gasteiger partial charge is 0.301 e. The first-order valence-electron chi connectivity index (χ1n) is 4.84. The van der Waals surface area contributed by atoms with E-state index in [2.05, 4.69) is 20.9 Å². The van der Waals surface area contributed by atoms with E-state index in [-0.39, 0.29) is 5.82 Å². The fourth-order valence-corrected chi connectivity index (χ4v) is 1.78. The molecule has 0 radical (unpaired) electrons. The van der Waals surface area contributed by atoms with E-state index >= 15 is 0 Å². The van der Waals surface area contributed by atoms with Crippen LogP contribution < -0.4 is 4.74 Å². The van der Waals surface area contributed by atoms with E-state index in [1.165, 1.54) is 12.1 Å². The summed E-state index contributed by atoms with van der Waals surface area (Å²) in [7, 11) is 0. The number of ether oxygens (including phenoxy) is 1. The van der Waals surface area contributed by atoms with Crippen LogP contribution in [0.3, 0.4) is 0 Å². The van der Waals surface area contributed by atoms with Crippen molar-refractivity contribution >= 4 is 15.9 Å². The number of benzene rings is 1. The summed E-state index contributed by atoms with van der Waals surface area (Å²) >= 11 is 3.21. The first kappa shape index (κ1) is 11.1. The van der Waals surface area contributed by atoms with Gasteiger partial charge in [-0.2, -0.15) is 0 Å². The molecule has 0 aliphatic rings. The Morgan fingerprint density at radius 2 is 2.25 bits per heavy atom. The van der Waals surface area contributed by atoms with Gasteiger partial charge >= 0.3 is 6.01 Å². The van der Waals surface area contributed by atoms with Crippen molar-refractivity contribution in [1.82, 2.24) is 9.55 Å². The van der Waals surface area contributed by atoms with Crippen LogP contribution in [0.1, 0.15) is 6.92 Å². The molecule has 0 atom stereocenters. The quantitative estimate of drug-likeness (QED) is 0.861. The highest BCUT2D eigenvalue weighted by molar-refractivity contribution is 9.10. The third-order valence-corrected chi connectivity index (χ3v) is 2.52. The lowest BCUT2D eigenvalue weighted by Gasteiger charge is -2.07. The van der Waals surface area contributed by atoms with E-state index in [4.69, 9.17) is 4.74 Å². The zero-order valence-corrected chi connectivity index (χ0v) is 10.2. The Kier molecular flexibility index (Phi) is 3.24. The molecule has 2 aromatic rings. The van der Waals surface area contributed by atoms with Crippen molar-refractivity contribution in [3.8, 4) is 11.8 Å². The molecule has 0 spiro atoms. The van der Waals surface area contributed by atoms with E-state index in [0.717, 1.165) is 6.54 Å². The van der Waals surface area contributed by atoms with Crippen molar-refractivity contribution in [3.05, 3.63) is 40.9 Å². The molecule has 0 saturated carbocycles. The number of rotatable bonds is 3. The minimum absolute atomic E-state index is 0.348. The van der Waals surface area contributed by atoms with Gasteiger partial charge in [0.15, 0.2) is 0 Å². The van der Waals surface area contributed by atoms with Crippen LogP contribution in [-0.2, 0) is 6.54 Å². The van der Waals surface area contributed by atoms with Crippen LogP contribution in [0, 0.1) is 5.82 Å². The number of hydrogen-bond donors (Lipinski definition) is 0. The second-order valence-corrected chi connectivity index (χ2v) is 4.12. The summed E-state index contributed by atoms with van der Waals surface area (Å²) in [5, 5.41) is 0. The van der Waals surface area contributed by atoms with Gasteiger partial charge in [0.05, 0.1) is 0 Å². The lowest BCUT2D eigenvalue weighted by molar-refractivity contribution is 0.412. The van der Waals surface area contributed by atoms with Gasteiger partial charge in [0.2, 0.25) is 0 Å². The maximum Gasteiger partial charge on any atom is 0.301 e. The molecule has 0 aliphatic carbocycles. The van der Waals surface area contributed by atoms with Crippen LogP contribution >= 0.6 is 15.9 Å². The van der Waals surface area contributed by atoms with Crippen LogP contribution in [0.4, 0.5) is 4.39 Å². The first-order chi connectivity index (χ1) is 7.69. The van der Waals surface area contributed by atoms with Gasteiger partial charge in [-0.3, -0.25) is 0 Å². The van der Waals surface area contributed by atoms with Crippen molar-refractivity contribution < 1.29 is 9.13 Å². The SMILES string of the molecule is CCn1ccnc1Oc1cc(F)cc(Br)c1. The van der Waals surface area contributed by atoms with Gasteiger partial charge < -0.3 is 9.30 Å². The molecule has 1 aromatic carbocycles. The highest BCUT2D eigenvalue weighted by Gasteiger charge is 2.06. The molecule has 1 aromatic heterocycles. The number of aromatic nitrogens is 2. The average molecular weight is 285 g/mol. The third-order valence-electron chi connectivity index (χ3n) is 2.06. The molecule has 0 unspecified atom stereocenters. The molecule has 0 bridgehead atoms. The maximum absolute atomic E-state index is 13.1. The minimum Gasteiger partial charge on any atom is -0.425 e. The normalized spacial score (nSPS) is 10.4. The van der Waals surface area contributed by atoms with Crippen LogP contribution in [0.2, 0.25) is 0 Å². The van der Waals surface area contributed by atoms with Crippen molar-refractivity contribution in [1.29, 1.82) is 0 Å². The fraction of sp³-hybridized carbons (Fsp3) is 0.182. The van der Waals surface area contributed by atoms with E-state index in [9.17, 15) is 4.39 Å². The molecular formula is C11H10BrFN2O. The Morgan fingerprint density at radius 1 is 1.44 bits per heavy atom. The summed E-state index contributed by atoms with van der Waals surface area (Å²) in [5.41, 5.74) is 0. The molecule has 0 fully saturated rings. The molecule has 3 nitrogen and oxygen atoms in total. The van der Waals surface area contributed by atoms with Gasteiger partial charge in [-0.05, 0) is 19.1 Å². The number of halogens is 2. The van der Waals surface area contributed by atoms with Gasteiger partial charge in [-0.15, -0.1) is 0 Å². The molecule has 1 heterocycles. The first-order valence-corrected chi connectivity index (χ1v) is 5.63. The third kappa shape index (κ3) is 2.41. The molecule has 0 N–H and O–H groups in total. The molecule has 16 heavy (non-hydrogen) atoms. The van der Waals surface area contributed by atoms with Gasteiger partial charge in [0.25, 0.3) is 0 Å². The van der Waals surface area contributed by atoms with E-state index in [1.54, 1.807) is 12.3 Å². The Bertz CT molecular complexity index is 478. The monoisotopic (exact) mass is 284 g/mol. The van der Waals surface area contributed by atoms with E-state index in [0.29, 0.717) is 16.2 Å². The lowest BCUT2D eigenvalue weighted by atomic mass is 10.3. The summed E-state index contributed by atoms with van der Waals surface area (Å²) < 4.78 is 21.1. The average Bonchev–Trinajstić information content (AvgIpc) is 2.63. The second kappa shape index (κ2) is 4.65. The lowest BCUT2D eigenvalue weighted by Crippen LogP contribution is -1.97. The highest BCUT2D eigenvalue weighted by Crippen LogP contribution is 2.24. The zero-order chi connectivity index (χ0) is 11.5. The molecule has 0 saturated heterocycles. The van der Waals surface area contributed by atoms with E-state index in [1.807, 2.05) is 17.7 Å². The van der Waals surface area contributed by atoms with Crippen molar-refractivity contribution in [2.75, 3.05) is 0 Å². The maximum atomic E-state index is 13.1. The number of aryl methyl sites for hydroxylation is 1. The summed E-state index contributed by atoms with van der Waals surface area (Å²) in [5.74, 6) is 0.0757. The Morgan fingerprint density at radius 3 is 2.94 bits per heavy atom. The number of nitrogens with zero attached hydrogens (tertiary/aromatic N) is 2. The minimum atomic E-state index is -0.348. The molecule has 0 aliphatic heterocycles. The Labute approximate surface area is 101 Å². The van der Waals surface area contributed by atoms with Gasteiger partial charge in [-0.25, -0.2) is 9.37 Å². The van der Waals surface area contributed by atoms with Crippen molar-refractivity contribution in [2.45, 2.75) is 13.5 Å². The predicted molar refractivity (Wildman–Crippen MR) is 62.1 cm³/mol. The van der Waals surface area contributed by atoms with Crippen molar-refractivity contribution in [3.63, 3.8) is 0 Å². The largest absolute Gasteiger partial charge is 0.425 e. The summed E-state index contributed by atoms with van der Waals surface area (Å²) in [6.45, 7) is 2.74. The predicted octanol–water partition coefficient (Wildman–Crippen LogP) is 3.60. The zero-order valence-electron chi connectivity index (χ0n) is 8.65. The van der Waals surface area contributed by atoms with Gasteiger partial charge in [0, 0.05) is 29.5 Å². The molecule has 84 valence electrons. The van der Waals surface area contributed by atoms with Crippen LogP contribution in [-0.4, -0.2) is 9.55 Å². The topological polar surface area (TPSA) is 27.1 Å². The molecule has 0 amide bonds. The fourth-order valence-electron chi connectivity index (χ4n) is 1.33. The number of hydrogen-bond acceptors (Lipinski definition) is 2. The number of imidazole rings is 1. The van der Waals surface area contributed by atoms with Crippen LogP contribution in [0.5, 0.6) is 11.8 Å². The Hall–Kier alpha value is -1.36. The summed E-state index contributed by atoms with van der Waals surface area (Å²) in [6, 6.07) is 4.84. The summed E-state index contributed by atoms with van der Waals surface area (Å²) in [4.78, 5) is 4.04. The van der Waals surface area contributed by atoms with Crippen LogP contribution in [0.25, 0.3) is 0 Å². The van der Waals surface area contributed by atoms with Crippen molar-refractivity contribution in [2.24, 2.45) is 0 Å². The molecular weight excluding hydrogens is 275 g/mol. The van der Waals surface area contributed by atoms with Crippen LogP contribution in [0.15, 0.2) is 35.1 Å². The summed E-state index contributed by atoms with van der Waals surface area (Å²) in [6.07, 6.45) is 3.46. The molecule has 2 rings (SSSR count).